The molecule has 1 aliphatic rings. The Morgan fingerprint density at radius 2 is 2.53 bits per heavy atom. The van der Waals surface area contributed by atoms with E-state index in [-0.39, 0.29) is 11.9 Å². The first-order valence-corrected chi connectivity index (χ1v) is 7.16. The molecule has 2 nitrogen and oxygen atoms in total. The fraction of sp³-hybridized carbons (Fsp3) is 0.545. The Hall–Kier alpha value is -0.350. The Kier molecular flexibility index (Phi) is 3.46. The zero-order chi connectivity index (χ0) is 10.8. The average molecular weight is 288 g/mol. The largest absolute Gasteiger partial charge is 0.336 e. The summed E-state index contributed by atoms with van der Waals surface area (Å²) in [6.45, 7) is 3.00. The van der Waals surface area contributed by atoms with Crippen molar-refractivity contribution in [2.45, 2.75) is 25.8 Å². The van der Waals surface area contributed by atoms with Crippen molar-refractivity contribution in [2.75, 3.05) is 11.9 Å². The highest BCUT2D eigenvalue weighted by molar-refractivity contribution is 9.09. The molecule has 15 heavy (non-hydrogen) atoms. The van der Waals surface area contributed by atoms with Gasteiger partial charge in [-0.05, 0) is 30.4 Å². The van der Waals surface area contributed by atoms with E-state index in [2.05, 4.69) is 34.3 Å². The number of hydrogen-bond acceptors (Lipinski definition) is 2. The second kappa shape index (κ2) is 4.66. The molecule has 1 unspecified atom stereocenters. The van der Waals surface area contributed by atoms with E-state index >= 15 is 0 Å². The number of hydrogen-bond donors (Lipinski definition) is 0. The molecule has 0 spiro atoms. The van der Waals surface area contributed by atoms with Gasteiger partial charge in [0.05, 0.1) is 6.04 Å². The van der Waals surface area contributed by atoms with Crippen LogP contribution >= 0.6 is 27.3 Å². The van der Waals surface area contributed by atoms with Gasteiger partial charge in [-0.25, -0.2) is 0 Å². The van der Waals surface area contributed by atoms with Crippen LogP contribution < -0.4 is 0 Å². The van der Waals surface area contributed by atoms with Crippen molar-refractivity contribution in [3.63, 3.8) is 0 Å². The van der Waals surface area contributed by atoms with Crippen LogP contribution in [0, 0.1) is 0 Å². The molecule has 0 saturated heterocycles. The van der Waals surface area contributed by atoms with Gasteiger partial charge >= 0.3 is 0 Å². The van der Waals surface area contributed by atoms with Crippen LogP contribution in [0.15, 0.2) is 11.4 Å². The third-order valence-electron chi connectivity index (χ3n) is 2.91. The van der Waals surface area contributed by atoms with Crippen molar-refractivity contribution in [1.82, 2.24) is 4.90 Å². The summed E-state index contributed by atoms with van der Waals surface area (Å²) >= 11 is 5.12. The highest BCUT2D eigenvalue weighted by Crippen LogP contribution is 2.32. The molecular formula is C11H14BrNOS. The molecule has 0 radical (unpaired) electrons. The van der Waals surface area contributed by atoms with E-state index < -0.39 is 0 Å². The highest BCUT2D eigenvalue weighted by atomic mass is 79.9. The molecule has 0 N–H and O–H groups in total. The topological polar surface area (TPSA) is 20.3 Å². The summed E-state index contributed by atoms with van der Waals surface area (Å²) in [7, 11) is 0. The van der Waals surface area contributed by atoms with E-state index in [1.807, 2.05) is 16.2 Å². The lowest BCUT2D eigenvalue weighted by Crippen LogP contribution is -2.38. The van der Waals surface area contributed by atoms with E-state index in [0.29, 0.717) is 6.42 Å². The number of amides is 1. The molecule has 2 heterocycles. The zero-order valence-electron chi connectivity index (χ0n) is 8.70. The third-order valence-corrected chi connectivity index (χ3v) is 4.30. The molecule has 1 atom stereocenters. The van der Waals surface area contributed by atoms with Gasteiger partial charge in [-0.15, -0.1) is 11.3 Å². The van der Waals surface area contributed by atoms with Gasteiger partial charge in [-0.2, -0.15) is 0 Å². The van der Waals surface area contributed by atoms with Gasteiger partial charge in [0.2, 0.25) is 5.91 Å². The quantitative estimate of drug-likeness (QED) is 0.766. The predicted molar refractivity (Wildman–Crippen MR) is 66.6 cm³/mol. The maximum absolute atomic E-state index is 11.8. The van der Waals surface area contributed by atoms with Crippen LogP contribution in [0.4, 0.5) is 0 Å². The normalized spacial score (nSPS) is 20.1. The SMILES string of the molecule is CC1c2ccsc2CCN1C(=O)CCBr. The first-order chi connectivity index (χ1) is 7.24. The summed E-state index contributed by atoms with van der Waals surface area (Å²) in [5.74, 6) is 0.260. The molecule has 4 heteroatoms. The van der Waals surface area contributed by atoms with E-state index in [1.165, 1.54) is 10.4 Å². The molecule has 1 aliphatic heterocycles. The van der Waals surface area contributed by atoms with Crippen molar-refractivity contribution in [3.05, 3.63) is 21.9 Å². The van der Waals surface area contributed by atoms with Crippen LogP contribution in [0.2, 0.25) is 0 Å². The first-order valence-electron chi connectivity index (χ1n) is 5.15. The molecule has 1 aromatic heterocycles. The Labute approximate surface area is 102 Å². The molecule has 0 aliphatic carbocycles. The first kappa shape index (κ1) is 11.1. The van der Waals surface area contributed by atoms with E-state index in [1.54, 1.807) is 0 Å². The van der Waals surface area contributed by atoms with Crippen LogP contribution in [0.5, 0.6) is 0 Å². The smallest absolute Gasteiger partial charge is 0.223 e. The minimum atomic E-state index is 0.256. The lowest BCUT2D eigenvalue weighted by atomic mass is 10.0. The number of rotatable bonds is 2. The zero-order valence-corrected chi connectivity index (χ0v) is 11.1. The Morgan fingerprint density at radius 1 is 1.73 bits per heavy atom. The molecular weight excluding hydrogens is 274 g/mol. The molecule has 1 amide bonds. The fourth-order valence-electron chi connectivity index (χ4n) is 2.07. The maximum atomic E-state index is 11.8. The number of halogens is 1. The summed E-state index contributed by atoms with van der Waals surface area (Å²) < 4.78 is 0. The summed E-state index contributed by atoms with van der Waals surface area (Å²) in [6.07, 6.45) is 1.62. The van der Waals surface area contributed by atoms with E-state index in [0.717, 1.165) is 18.3 Å². The number of alkyl halides is 1. The van der Waals surface area contributed by atoms with Gasteiger partial charge in [0.1, 0.15) is 0 Å². The van der Waals surface area contributed by atoms with Crippen LogP contribution in [0.25, 0.3) is 0 Å². The second-order valence-electron chi connectivity index (χ2n) is 3.75. The minimum Gasteiger partial charge on any atom is -0.336 e. The Bertz CT molecular complexity index is 363. The van der Waals surface area contributed by atoms with Crippen molar-refractivity contribution < 1.29 is 4.79 Å². The van der Waals surface area contributed by atoms with Gasteiger partial charge in [0, 0.05) is 23.2 Å². The van der Waals surface area contributed by atoms with Crippen molar-refractivity contribution in [1.29, 1.82) is 0 Å². The van der Waals surface area contributed by atoms with Gasteiger partial charge in [0.15, 0.2) is 0 Å². The second-order valence-corrected chi connectivity index (χ2v) is 5.54. The average Bonchev–Trinajstić information content (AvgIpc) is 2.67. The fourth-order valence-corrected chi connectivity index (χ4v) is 3.38. The number of thiophene rings is 1. The standard InChI is InChI=1S/C11H14BrNOS/c1-8-9-4-7-15-10(9)3-6-13(8)11(14)2-5-12/h4,7-8H,2-3,5-6H2,1H3. The van der Waals surface area contributed by atoms with Crippen molar-refractivity contribution >= 4 is 33.2 Å². The van der Waals surface area contributed by atoms with E-state index in [4.69, 9.17) is 0 Å². The van der Waals surface area contributed by atoms with Gasteiger partial charge in [-0.3, -0.25) is 4.79 Å². The van der Waals surface area contributed by atoms with Crippen molar-refractivity contribution in [3.8, 4) is 0 Å². The highest BCUT2D eigenvalue weighted by Gasteiger charge is 2.27. The summed E-state index contributed by atoms with van der Waals surface area (Å²) in [4.78, 5) is 15.3. The molecule has 2 rings (SSSR count). The van der Waals surface area contributed by atoms with Crippen molar-refractivity contribution in [2.24, 2.45) is 0 Å². The van der Waals surface area contributed by atoms with Gasteiger partial charge in [-0.1, -0.05) is 15.9 Å². The number of carbonyl (C=O) groups excluding carboxylic acids is 1. The van der Waals surface area contributed by atoms with E-state index in [9.17, 15) is 4.79 Å². The lowest BCUT2D eigenvalue weighted by Gasteiger charge is -2.33. The summed E-state index contributed by atoms with van der Waals surface area (Å²) in [6, 6.07) is 2.41. The predicted octanol–water partition coefficient (Wildman–Crippen LogP) is 2.98. The third kappa shape index (κ3) is 2.11. The van der Waals surface area contributed by atoms with Gasteiger partial charge < -0.3 is 4.90 Å². The lowest BCUT2D eigenvalue weighted by molar-refractivity contribution is -0.133. The van der Waals surface area contributed by atoms with Crippen LogP contribution in [-0.2, 0) is 11.2 Å². The monoisotopic (exact) mass is 287 g/mol. The summed E-state index contributed by atoms with van der Waals surface area (Å²) in [5, 5.41) is 2.88. The molecule has 82 valence electrons. The molecule has 0 aromatic carbocycles. The van der Waals surface area contributed by atoms with Crippen LogP contribution in [-0.4, -0.2) is 22.7 Å². The minimum absolute atomic E-state index is 0.256. The number of carbonyl (C=O) groups is 1. The van der Waals surface area contributed by atoms with Crippen LogP contribution in [0.1, 0.15) is 29.8 Å². The number of nitrogens with zero attached hydrogens (tertiary/aromatic N) is 1. The molecule has 0 saturated carbocycles. The molecule has 1 aromatic rings. The summed E-state index contributed by atoms with van der Waals surface area (Å²) in [5.41, 5.74) is 1.34. The van der Waals surface area contributed by atoms with Gasteiger partial charge in [0.25, 0.3) is 0 Å². The molecule has 0 bridgehead atoms. The maximum Gasteiger partial charge on any atom is 0.223 e. The molecule has 0 fully saturated rings. The number of fused-ring (bicyclic) bond motifs is 1. The van der Waals surface area contributed by atoms with Crippen LogP contribution in [0.3, 0.4) is 0 Å². The Morgan fingerprint density at radius 3 is 3.27 bits per heavy atom. The Balaban J connectivity index is 2.16.